The second-order valence-electron chi connectivity index (χ2n) is 4.43. The molecule has 0 amide bonds. The van der Waals surface area contributed by atoms with E-state index in [9.17, 15) is 10.0 Å². The summed E-state index contributed by atoms with van der Waals surface area (Å²) in [5.41, 5.74) is 7.43. The first-order valence-corrected chi connectivity index (χ1v) is 6.50. The van der Waals surface area contributed by atoms with E-state index in [0.29, 0.717) is 17.9 Å². The fraction of sp³-hybridized carbons (Fsp3) is 0.231. The highest BCUT2D eigenvalue weighted by molar-refractivity contribution is 6.59. The van der Waals surface area contributed by atoms with Crippen molar-refractivity contribution in [3.8, 4) is 5.75 Å². The third kappa shape index (κ3) is 3.62. The maximum absolute atomic E-state index is 9.38. The maximum atomic E-state index is 9.38. The maximum Gasteiger partial charge on any atom is 0.492 e. The molecule has 0 saturated heterocycles. The first-order chi connectivity index (χ1) is 10.0. The molecule has 110 valence electrons. The van der Waals surface area contributed by atoms with Gasteiger partial charge in [-0.15, -0.1) is 0 Å². The number of anilines is 1. The van der Waals surface area contributed by atoms with Crippen molar-refractivity contribution in [3.05, 3.63) is 35.7 Å². The first kappa shape index (κ1) is 15.1. The molecule has 0 unspecified atom stereocenters. The molecule has 0 radical (unpaired) electrons. The predicted molar refractivity (Wildman–Crippen MR) is 81.8 cm³/mol. The van der Waals surface area contributed by atoms with E-state index in [-0.39, 0.29) is 11.4 Å². The van der Waals surface area contributed by atoms with Gasteiger partial charge in [0.1, 0.15) is 5.75 Å². The van der Waals surface area contributed by atoms with E-state index in [0.717, 1.165) is 5.69 Å². The molecule has 7 nitrogen and oxygen atoms in total. The number of nitrogens with two attached hydrogens (primary N) is 1. The van der Waals surface area contributed by atoms with Crippen LogP contribution in [-0.4, -0.2) is 39.6 Å². The second kappa shape index (κ2) is 6.42. The Balaban J connectivity index is 2.28. The SMILES string of the molecule is CCOc1ccc(C=Nn2cc(C)nc2N)cc1B(O)O. The first-order valence-electron chi connectivity index (χ1n) is 6.50. The Labute approximate surface area is 122 Å². The molecule has 1 aromatic heterocycles. The van der Waals surface area contributed by atoms with Gasteiger partial charge in [-0.2, -0.15) is 5.10 Å². The van der Waals surface area contributed by atoms with Crippen molar-refractivity contribution < 1.29 is 14.8 Å². The van der Waals surface area contributed by atoms with E-state index in [1.807, 2.05) is 13.8 Å². The van der Waals surface area contributed by atoms with Gasteiger partial charge in [0.05, 0.1) is 24.7 Å². The summed E-state index contributed by atoms with van der Waals surface area (Å²) in [5, 5.41) is 22.9. The number of aromatic nitrogens is 2. The van der Waals surface area contributed by atoms with Gasteiger partial charge < -0.3 is 20.5 Å². The largest absolute Gasteiger partial charge is 0.494 e. The fourth-order valence-corrected chi connectivity index (χ4v) is 1.86. The van der Waals surface area contributed by atoms with Crippen LogP contribution in [-0.2, 0) is 0 Å². The van der Waals surface area contributed by atoms with Crippen molar-refractivity contribution in [2.75, 3.05) is 12.3 Å². The van der Waals surface area contributed by atoms with Crippen LogP contribution in [0.25, 0.3) is 0 Å². The number of imidazole rings is 1. The predicted octanol–water partition coefficient (Wildman–Crippen LogP) is -0.266. The monoisotopic (exact) mass is 288 g/mol. The standard InChI is InChI=1S/C13H17BN4O3/c1-3-21-12-5-4-10(6-11(12)14(19)20)7-16-18-8-9(2)17-13(18)15/h4-8,19-20H,3H2,1-2H3,(H2,15,17). The molecule has 2 aromatic rings. The molecule has 0 atom stereocenters. The minimum absolute atomic E-state index is 0.288. The molecule has 0 aliphatic rings. The van der Waals surface area contributed by atoms with E-state index in [2.05, 4.69) is 10.1 Å². The van der Waals surface area contributed by atoms with E-state index >= 15 is 0 Å². The van der Waals surface area contributed by atoms with Crippen molar-refractivity contribution in [1.82, 2.24) is 9.66 Å². The van der Waals surface area contributed by atoms with Crippen molar-refractivity contribution in [2.24, 2.45) is 5.10 Å². The molecule has 0 saturated carbocycles. The fourth-order valence-electron chi connectivity index (χ4n) is 1.86. The summed E-state index contributed by atoms with van der Waals surface area (Å²) in [6.45, 7) is 4.09. The zero-order chi connectivity index (χ0) is 15.4. The van der Waals surface area contributed by atoms with Gasteiger partial charge >= 0.3 is 7.12 Å². The lowest BCUT2D eigenvalue weighted by Gasteiger charge is -2.10. The Morgan fingerprint density at radius 1 is 1.48 bits per heavy atom. The quantitative estimate of drug-likeness (QED) is 0.519. The molecular weight excluding hydrogens is 271 g/mol. The van der Waals surface area contributed by atoms with Gasteiger partial charge in [0.2, 0.25) is 5.95 Å². The summed E-state index contributed by atoms with van der Waals surface area (Å²) < 4.78 is 6.78. The van der Waals surface area contributed by atoms with Gasteiger partial charge in [-0.3, -0.25) is 0 Å². The topological polar surface area (TPSA) is 106 Å². The molecule has 21 heavy (non-hydrogen) atoms. The molecule has 4 N–H and O–H groups in total. The summed E-state index contributed by atoms with van der Waals surface area (Å²) >= 11 is 0. The van der Waals surface area contributed by atoms with Crippen LogP contribution in [0.2, 0.25) is 0 Å². The Morgan fingerprint density at radius 3 is 2.81 bits per heavy atom. The molecular formula is C13H17BN4O3. The summed E-state index contributed by atoms with van der Waals surface area (Å²) in [6, 6.07) is 5.03. The summed E-state index contributed by atoms with van der Waals surface area (Å²) in [4.78, 5) is 4.03. The van der Waals surface area contributed by atoms with Crippen molar-refractivity contribution in [3.63, 3.8) is 0 Å². The second-order valence-corrected chi connectivity index (χ2v) is 4.43. The molecule has 0 spiro atoms. The number of aryl methyl sites for hydroxylation is 1. The van der Waals surface area contributed by atoms with Crippen LogP contribution < -0.4 is 15.9 Å². The van der Waals surface area contributed by atoms with Crippen molar-refractivity contribution >= 4 is 24.7 Å². The van der Waals surface area contributed by atoms with E-state index in [1.54, 1.807) is 30.6 Å². The van der Waals surface area contributed by atoms with Gasteiger partial charge in [-0.05, 0) is 37.6 Å². The number of rotatable bonds is 5. The van der Waals surface area contributed by atoms with Crippen LogP contribution in [0.4, 0.5) is 5.95 Å². The Hall–Kier alpha value is -2.32. The van der Waals surface area contributed by atoms with Crippen LogP contribution >= 0.6 is 0 Å². The molecule has 1 aromatic carbocycles. The average Bonchev–Trinajstić information content (AvgIpc) is 2.76. The van der Waals surface area contributed by atoms with Gasteiger partial charge in [0.25, 0.3) is 0 Å². The van der Waals surface area contributed by atoms with Gasteiger partial charge in [-0.25, -0.2) is 9.66 Å². The van der Waals surface area contributed by atoms with Crippen LogP contribution in [0, 0.1) is 6.92 Å². The Kier molecular flexibility index (Phi) is 4.61. The van der Waals surface area contributed by atoms with E-state index in [4.69, 9.17) is 10.5 Å². The van der Waals surface area contributed by atoms with Crippen molar-refractivity contribution in [1.29, 1.82) is 0 Å². The highest BCUT2D eigenvalue weighted by Gasteiger charge is 2.17. The Morgan fingerprint density at radius 2 is 2.24 bits per heavy atom. The number of hydrogen-bond donors (Lipinski definition) is 3. The van der Waals surface area contributed by atoms with Crippen molar-refractivity contribution in [2.45, 2.75) is 13.8 Å². The number of ether oxygens (including phenoxy) is 1. The molecule has 2 rings (SSSR count). The van der Waals surface area contributed by atoms with Crippen LogP contribution in [0.15, 0.2) is 29.5 Å². The smallest absolute Gasteiger partial charge is 0.492 e. The van der Waals surface area contributed by atoms with E-state index in [1.165, 1.54) is 4.68 Å². The molecule has 0 bridgehead atoms. The highest BCUT2D eigenvalue weighted by atomic mass is 16.5. The van der Waals surface area contributed by atoms with Crippen LogP contribution in [0.1, 0.15) is 18.2 Å². The highest BCUT2D eigenvalue weighted by Crippen LogP contribution is 2.10. The van der Waals surface area contributed by atoms with Gasteiger partial charge in [-0.1, -0.05) is 0 Å². The number of nitrogen functional groups attached to an aromatic ring is 1. The number of benzene rings is 1. The molecule has 1 heterocycles. The number of hydrogen-bond acceptors (Lipinski definition) is 6. The lowest BCUT2D eigenvalue weighted by atomic mass is 9.79. The average molecular weight is 288 g/mol. The summed E-state index contributed by atoms with van der Waals surface area (Å²) in [7, 11) is -1.61. The lowest BCUT2D eigenvalue weighted by Crippen LogP contribution is -2.31. The molecule has 0 aliphatic carbocycles. The van der Waals surface area contributed by atoms with Gasteiger partial charge in [0, 0.05) is 5.46 Å². The van der Waals surface area contributed by atoms with Crippen LogP contribution in [0.3, 0.4) is 0 Å². The zero-order valence-corrected chi connectivity index (χ0v) is 11.9. The summed E-state index contributed by atoms with van der Waals surface area (Å²) in [6.07, 6.45) is 3.25. The lowest BCUT2D eigenvalue weighted by molar-refractivity contribution is 0.340. The third-order valence-corrected chi connectivity index (χ3v) is 2.78. The third-order valence-electron chi connectivity index (χ3n) is 2.78. The normalized spacial score (nSPS) is 11.0. The molecule has 0 aliphatic heterocycles. The zero-order valence-electron chi connectivity index (χ0n) is 11.9. The minimum Gasteiger partial charge on any atom is -0.494 e. The minimum atomic E-state index is -1.61. The van der Waals surface area contributed by atoms with Gasteiger partial charge in [0.15, 0.2) is 0 Å². The van der Waals surface area contributed by atoms with Crippen LogP contribution in [0.5, 0.6) is 5.75 Å². The molecule has 0 fully saturated rings. The number of nitrogens with zero attached hydrogens (tertiary/aromatic N) is 3. The van der Waals surface area contributed by atoms with E-state index < -0.39 is 7.12 Å². The summed E-state index contributed by atoms with van der Waals surface area (Å²) in [5.74, 6) is 0.722. The molecule has 8 heteroatoms. The Bertz CT molecular complexity index is 655.